The molecule has 0 saturated heterocycles. The van der Waals surface area contributed by atoms with Crippen LogP contribution in [0.15, 0.2) is 47.6 Å². The summed E-state index contributed by atoms with van der Waals surface area (Å²) in [4.78, 5) is 20.4. The van der Waals surface area contributed by atoms with E-state index in [9.17, 15) is 9.90 Å². The number of halogens is 1. The third-order valence-corrected chi connectivity index (χ3v) is 5.80. The molecule has 2 heterocycles. The van der Waals surface area contributed by atoms with Crippen molar-refractivity contribution < 1.29 is 28.6 Å². The molecule has 0 amide bonds. The monoisotopic (exact) mass is 478 g/mol. The highest BCUT2D eigenvalue weighted by Gasteiger charge is 2.21. The van der Waals surface area contributed by atoms with Gasteiger partial charge in [-0.25, -0.2) is 14.2 Å². The third-order valence-electron chi connectivity index (χ3n) is 5.80. The molecule has 0 bridgehead atoms. The highest BCUT2D eigenvalue weighted by Crippen LogP contribution is 2.33. The number of ether oxygens (including phenoxy) is 2. The van der Waals surface area contributed by atoms with Crippen LogP contribution in [0.25, 0.3) is 11.3 Å². The van der Waals surface area contributed by atoms with Gasteiger partial charge in [-0.2, -0.15) is 0 Å². The van der Waals surface area contributed by atoms with Gasteiger partial charge in [0.2, 0.25) is 0 Å². The summed E-state index contributed by atoms with van der Waals surface area (Å²) in [5.41, 5.74) is 4.50. The molecular formula is C27H27FN2O5. The standard InChI is InChI=1S/C27H27FN2O5/c1-4-17-12-24(34-15-20-14-25(32)35-30-20)26(28)16(3)22(17)13-19-9-10-23(31)27(29-19)18-7-6-8-21(11-18)33-5-2/h6-12,31H,4-5,13-15H2,1-3H3. The average Bonchev–Trinajstić information content (AvgIpc) is 3.28. The maximum atomic E-state index is 15.2. The molecule has 7 nitrogen and oxygen atoms in total. The Morgan fingerprint density at radius 1 is 1.14 bits per heavy atom. The molecule has 0 fully saturated rings. The smallest absolute Gasteiger partial charge is 0.340 e. The second kappa shape index (κ2) is 10.5. The van der Waals surface area contributed by atoms with Crippen LogP contribution in [0.3, 0.4) is 0 Å². The maximum Gasteiger partial charge on any atom is 0.340 e. The van der Waals surface area contributed by atoms with Crippen molar-refractivity contribution in [3.8, 4) is 28.5 Å². The molecule has 0 aliphatic carbocycles. The van der Waals surface area contributed by atoms with E-state index in [1.165, 1.54) is 0 Å². The lowest BCUT2D eigenvalue weighted by Crippen LogP contribution is -2.13. The fourth-order valence-corrected chi connectivity index (χ4v) is 4.00. The van der Waals surface area contributed by atoms with E-state index in [4.69, 9.17) is 9.47 Å². The molecule has 0 unspecified atom stereocenters. The summed E-state index contributed by atoms with van der Waals surface area (Å²) in [6, 6.07) is 12.4. The second-order valence-corrected chi connectivity index (χ2v) is 8.20. The van der Waals surface area contributed by atoms with Gasteiger partial charge in [0.25, 0.3) is 0 Å². The van der Waals surface area contributed by atoms with Crippen molar-refractivity contribution in [1.82, 2.24) is 4.98 Å². The number of carbonyl (C=O) groups excluding carboxylic acids is 1. The van der Waals surface area contributed by atoms with Gasteiger partial charge in [-0.05, 0) is 67.3 Å². The quantitative estimate of drug-likeness (QED) is 0.429. The molecule has 8 heteroatoms. The van der Waals surface area contributed by atoms with E-state index in [1.54, 1.807) is 25.1 Å². The van der Waals surface area contributed by atoms with Gasteiger partial charge in [-0.15, -0.1) is 0 Å². The summed E-state index contributed by atoms with van der Waals surface area (Å²) >= 11 is 0. The lowest BCUT2D eigenvalue weighted by Gasteiger charge is -2.17. The Morgan fingerprint density at radius 3 is 2.69 bits per heavy atom. The van der Waals surface area contributed by atoms with Crippen LogP contribution < -0.4 is 9.47 Å². The molecule has 1 aliphatic rings. The van der Waals surface area contributed by atoms with E-state index in [0.29, 0.717) is 47.9 Å². The van der Waals surface area contributed by atoms with Gasteiger partial charge in [0.05, 0.1) is 13.0 Å². The van der Waals surface area contributed by atoms with Crippen molar-refractivity contribution in [3.05, 3.63) is 70.7 Å². The number of rotatable bonds is 9. The number of benzene rings is 2. The molecule has 0 saturated carbocycles. The number of aromatic nitrogens is 1. The number of carbonyl (C=O) groups is 1. The molecule has 2 aromatic carbocycles. The Bertz CT molecular complexity index is 1290. The number of hydrogen-bond donors (Lipinski definition) is 1. The summed E-state index contributed by atoms with van der Waals surface area (Å²) in [6.45, 7) is 6.12. The first-order chi connectivity index (χ1) is 16.9. The highest BCUT2D eigenvalue weighted by molar-refractivity contribution is 6.02. The SMILES string of the molecule is CCOc1cccc(-c2nc(Cc3c(CC)cc(OCC4=NOC(=O)C4)c(F)c3C)ccc2O)c1. The van der Waals surface area contributed by atoms with Gasteiger partial charge >= 0.3 is 5.97 Å². The van der Waals surface area contributed by atoms with Crippen LogP contribution in [0, 0.1) is 12.7 Å². The van der Waals surface area contributed by atoms with E-state index < -0.39 is 11.8 Å². The Kier molecular flexibility index (Phi) is 7.29. The van der Waals surface area contributed by atoms with Crippen molar-refractivity contribution in [1.29, 1.82) is 0 Å². The van der Waals surface area contributed by atoms with Gasteiger partial charge in [0.1, 0.15) is 29.5 Å². The predicted octanol–water partition coefficient (Wildman–Crippen LogP) is 5.14. The van der Waals surface area contributed by atoms with E-state index in [0.717, 1.165) is 16.7 Å². The van der Waals surface area contributed by atoms with Crippen LogP contribution in [0.5, 0.6) is 17.2 Å². The number of aryl methyl sites for hydroxylation is 1. The van der Waals surface area contributed by atoms with Crippen molar-refractivity contribution >= 4 is 11.7 Å². The molecule has 1 aromatic heterocycles. The molecule has 0 radical (unpaired) electrons. The van der Waals surface area contributed by atoms with Crippen LogP contribution in [0.4, 0.5) is 4.39 Å². The number of pyridine rings is 1. The Morgan fingerprint density at radius 2 is 1.97 bits per heavy atom. The van der Waals surface area contributed by atoms with E-state index in [2.05, 4.69) is 15.0 Å². The van der Waals surface area contributed by atoms with Gasteiger partial charge < -0.3 is 19.4 Å². The molecule has 182 valence electrons. The van der Waals surface area contributed by atoms with Gasteiger partial charge in [-0.1, -0.05) is 24.2 Å². The average molecular weight is 479 g/mol. The van der Waals surface area contributed by atoms with Crippen LogP contribution in [0.2, 0.25) is 0 Å². The maximum absolute atomic E-state index is 15.2. The first kappa shape index (κ1) is 24.2. The van der Waals surface area contributed by atoms with E-state index >= 15 is 4.39 Å². The van der Waals surface area contributed by atoms with Gasteiger partial charge in [0, 0.05) is 17.7 Å². The van der Waals surface area contributed by atoms with Crippen LogP contribution >= 0.6 is 0 Å². The number of oxime groups is 1. The lowest BCUT2D eigenvalue weighted by molar-refractivity contribution is -0.140. The number of hydrogen-bond acceptors (Lipinski definition) is 7. The minimum atomic E-state index is -0.466. The predicted molar refractivity (Wildman–Crippen MR) is 129 cm³/mol. The Balaban J connectivity index is 1.61. The Hall–Kier alpha value is -3.94. The fourth-order valence-electron chi connectivity index (χ4n) is 4.00. The summed E-state index contributed by atoms with van der Waals surface area (Å²) in [5.74, 6) is -0.0566. The topological polar surface area (TPSA) is 90.2 Å². The van der Waals surface area contributed by atoms with Crippen LogP contribution in [-0.4, -0.2) is 35.0 Å². The first-order valence-electron chi connectivity index (χ1n) is 11.5. The summed E-state index contributed by atoms with van der Waals surface area (Å²) in [7, 11) is 0. The zero-order valence-corrected chi connectivity index (χ0v) is 19.9. The Labute approximate surface area is 203 Å². The second-order valence-electron chi connectivity index (χ2n) is 8.20. The summed E-state index contributed by atoms with van der Waals surface area (Å²) in [6.07, 6.45) is 1.10. The minimum Gasteiger partial charge on any atom is -0.506 e. The van der Waals surface area contributed by atoms with Crippen molar-refractivity contribution in [2.75, 3.05) is 13.2 Å². The van der Waals surface area contributed by atoms with Crippen molar-refractivity contribution in [2.24, 2.45) is 5.16 Å². The molecule has 3 aromatic rings. The molecular weight excluding hydrogens is 451 g/mol. The third kappa shape index (κ3) is 5.42. The van der Waals surface area contributed by atoms with Crippen LogP contribution in [0.1, 0.15) is 42.7 Å². The molecule has 1 aliphatic heterocycles. The molecule has 0 atom stereocenters. The highest BCUT2D eigenvalue weighted by atomic mass is 19.1. The molecule has 4 rings (SSSR count). The van der Waals surface area contributed by atoms with E-state index in [1.807, 2.05) is 38.1 Å². The molecule has 0 spiro atoms. The number of nitrogens with zero attached hydrogens (tertiary/aromatic N) is 2. The normalized spacial score (nSPS) is 12.9. The first-order valence-corrected chi connectivity index (χ1v) is 11.5. The molecule has 1 N–H and O–H groups in total. The zero-order chi connectivity index (χ0) is 24.9. The van der Waals surface area contributed by atoms with Gasteiger partial charge in [-0.3, -0.25) is 0 Å². The molecule has 35 heavy (non-hydrogen) atoms. The lowest BCUT2D eigenvalue weighted by atomic mass is 9.94. The number of aromatic hydroxyl groups is 1. The summed E-state index contributed by atoms with van der Waals surface area (Å²) < 4.78 is 26.4. The zero-order valence-electron chi connectivity index (χ0n) is 19.9. The van der Waals surface area contributed by atoms with Crippen LogP contribution in [-0.2, 0) is 22.5 Å². The van der Waals surface area contributed by atoms with Gasteiger partial charge in [0.15, 0.2) is 11.6 Å². The summed E-state index contributed by atoms with van der Waals surface area (Å²) in [5, 5.41) is 14.1. The largest absolute Gasteiger partial charge is 0.506 e. The van der Waals surface area contributed by atoms with Crippen molar-refractivity contribution in [2.45, 2.75) is 40.0 Å². The fraction of sp³-hybridized carbons (Fsp3) is 0.296. The van der Waals surface area contributed by atoms with Crippen molar-refractivity contribution in [3.63, 3.8) is 0 Å². The minimum absolute atomic E-state index is 0.0196. The van der Waals surface area contributed by atoms with E-state index in [-0.39, 0.29) is 24.5 Å².